The number of allylic oxidation sites excluding steroid dienone is 8. The summed E-state index contributed by atoms with van der Waals surface area (Å²) in [5.74, 6) is 0. The fourth-order valence-corrected chi connectivity index (χ4v) is 2.24. The van der Waals surface area contributed by atoms with Crippen LogP contribution in [0, 0.1) is 0 Å². The molecule has 0 aliphatic carbocycles. The predicted octanol–water partition coefficient (Wildman–Crippen LogP) is 7.56. The van der Waals surface area contributed by atoms with E-state index in [4.69, 9.17) is 4.74 Å². The molecule has 0 unspecified atom stereocenters. The lowest BCUT2D eigenvalue weighted by atomic mass is 10.2. The van der Waals surface area contributed by atoms with Crippen molar-refractivity contribution in [3.8, 4) is 0 Å². The average molecular weight is 333 g/mol. The van der Waals surface area contributed by atoms with Crippen LogP contribution in [0.1, 0.15) is 85.0 Å². The van der Waals surface area contributed by atoms with E-state index in [1.54, 1.807) is 0 Å². The molecule has 0 radical (unpaired) electrons. The van der Waals surface area contributed by atoms with E-state index >= 15 is 0 Å². The molecule has 0 aromatic carbocycles. The van der Waals surface area contributed by atoms with Crippen LogP contribution in [0.2, 0.25) is 0 Å². The molecule has 0 saturated heterocycles. The second kappa shape index (κ2) is 20.0. The van der Waals surface area contributed by atoms with E-state index < -0.39 is 0 Å². The summed E-state index contributed by atoms with van der Waals surface area (Å²) in [6.07, 6.45) is 30.5. The molecule has 0 amide bonds. The molecule has 0 spiro atoms. The van der Waals surface area contributed by atoms with Gasteiger partial charge < -0.3 is 4.74 Å². The molecule has 0 aromatic heterocycles. The maximum absolute atomic E-state index is 5.52. The fraction of sp³-hybridized carbons (Fsp3) is 0.652. The van der Waals surface area contributed by atoms with Crippen molar-refractivity contribution in [3.05, 3.63) is 48.6 Å². The number of ether oxygens (including phenoxy) is 1. The summed E-state index contributed by atoms with van der Waals surface area (Å²) in [5, 5.41) is 0. The summed E-state index contributed by atoms with van der Waals surface area (Å²) < 4.78 is 5.52. The van der Waals surface area contributed by atoms with Crippen molar-refractivity contribution in [3.63, 3.8) is 0 Å². The van der Waals surface area contributed by atoms with E-state index in [-0.39, 0.29) is 0 Å². The van der Waals surface area contributed by atoms with Crippen molar-refractivity contribution in [1.82, 2.24) is 0 Å². The van der Waals surface area contributed by atoms with Crippen molar-refractivity contribution in [2.45, 2.75) is 91.1 Å². The van der Waals surface area contributed by atoms with E-state index in [1.807, 2.05) is 0 Å². The molecule has 138 valence electrons. The Balaban J connectivity index is 3.36. The normalized spacial score (nSPS) is 12.8. The molecule has 0 saturated carbocycles. The highest BCUT2D eigenvalue weighted by atomic mass is 16.5. The lowest BCUT2D eigenvalue weighted by Gasteiger charge is -2.05. The maximum atomic E-state index is 5.52. The number of hydrogen-bond donors (Lipinski definition) is 0. The summed E-state index contributed by atoms with van der Waals surface area (Å²) in [4.78, 5) is 0. The largest absolute Gasteiger partial charge is 0.379 e. The first kappa shape index (κ1) is 22.9. The van der Waals surface area contributed by atoms with Gasteiger partial charge in [-0.3, -0.25) is 0 Å². The van der Waals surface area contributed by atoms with E-state index in [2.05, 4.69) is 69.4 Å². The molecule has 1 nitrogen and oxygen atoms in total. The third-order valence-corrected chi connectivity index (χ3v) is 3.67. The van der Waals surface area contributed by atoms with Gasteiger partial charge in [0.2, 0.25) is 0 Å². The van der Waals surface area contributed by atoms with Crippen molar-refractivity contribution >= 4 is 0 Å². The molecular formula is C23H40O. The second-order valence-electron chi connectivity index (χ2n) is 6.50. The zero-order chi connectivity index (χ0) is 17.7. The highest BCUT2D eigenvalue weighted by molar-refractivity contribution is 4.99. The van der Waals surface area contributed by atoms with Crippen molar-refractivity contribution in [2.24, 2.45) is 0 Å². The molecule has 1 heteroatoms. The molecular weight excluding hydrogens is 292 g/mol. The first-order valence-electron chi connectivity index (χ1n) is 9.99. The van der Waals surface area contributed by atoms with Crippen LogP contribution in [0.25, 0.3) is 0 Å². The van der Waals surface area contributed by atoms with Gasteiger partial charge in [0.05, 0.1) is 6.10 Å². The molecule has 24 heavy (non-hydrogen) atoms. The zero-order valence-electron chi connectivity index (χ0n) is 16.4. The predicted molar refractivity (Wildman–Crippen MR) is 109 cm³/mol. The Morgan fingerprint density at radius 1 is 0.625 bits per heavy atom. The van der Waals surface area contributed by atoms with E-state index in [0.717, 1.165) is 32.3 Å². The van der Waals surface area contributed by atoms with Gasteiger partial charge in [-0.2, -0.15) is 0 Å². The van der Waals surface area contributed by atoms with E-state index in [1.165, 1.54) is 38.5 Å². The minimum absolute atomic E-state index is 0.363. The van der Waals surface area contributed by atoms with Crippen molar-refractivity contribution < 1.29 is 4.74 Å². The van der Waals surface area contributed by atoms with Crippen LogP contribution in [-0.2, 0) is 4.74 Å². The SMILES string of the molecule is CCCCC/C=C\C/C=C\C/C=C\C/C=C\CCCCOC(C)C. The van der Waals surface area contributed by atoms with Crippen LogP contribution in [-0.4, -0.2) is 12.7 Å². The Kier molecular flexibility index (Phi) is 19.1. The monoisotopic (exact) mass is 332 g/mol. The summed E-state index contributed by atoms with van der Waals surface area (Å²) in [6, 6.07) is 0. The first-order valence-corrected chi connectivity index (χ1v) is 9.99. The first-order chi connectivity index (χ1) is 11.8. The smallest absolute Gasteiger partial charge is 0.0518 e. The van der Waals surface area contributed by atoms with Gasteiger partial charge in [-0.1, -0.05) is 68.4 Å². The molecule has 0 fully saturated rings. The average Bonchev–Trinajstić information content (AvgIpc) is 2.56. The minimum atomic E-state index is 0.363. The standard InChI is InChI=1S/C23H40O/c1-4-5-6-7-8-9-10-11-12-13-14-15-16-17-18-19-20-21-22-24-23(2)3/h8-9,11-12,14-15,17-18,23H,4-7,10,13,16,19-22H2,1-3H3/b9-8-,12-11-,15-14-,18-17-. The van der Waals surface area contributed by atoms with E-state index in [0.29, 0.717) is 6.10 Å². The number of unbranched alkanes of at least 4 members (excludes halogenated alkanes) is 5. The van der Waals surface area contributed by atoms with Crippen LogP contribution in [0.3, 0.4) is 0 Å². The summed E-state index contributed by atoms with van der Waals surface area (Å²) >= 11 is 0. The summed E-state index contributed by atoms with van der Waals surface area (Å²) in [6.45, 7) is 7.32. The zero-order valence-corrected chi connectivity index (χ0v) is 16.4. The Morgan fingerprint density at radius 2 is 1.08 bits per heavy atom. The maximum Gasteiger partial charge on any atom is 0.0518 e. The van der Waals surface area contributed by atoms with Gasteiger partial charge in [-0.05, 0) is 65.2 Å². The van der Waals surface area contributed by atoms with Crippen LogP contribution in [0.15, 0.2) is 48.6 Å². The van der Waals surface area contributed by atoms with Gasteiger partial charge in [0.15, 0.2) is 0 Å². The molecule has 0 aliphatic heterocycles. The molecule has 0 rings (SSSR count). The van der Waals surface area contributed by atoms with Gasteiger partial charge in [0.25, 0.3) is 0 Å². The third kappa shape index (κ3) is 20.9. The van der Waals surface area contributed by atoms with Gasteiger partial charge in [0.1, 0.15) is 0 Å². The van der Waals surface area contributed by atoms with Crippen LogP contribution >= 0.6 is 0 Å². The van der Waals surface area contributed by atoms with Gasteiger partial charge in [0, 0.05) is 6.61 Å². The van der Waals surface area contributed by atoms with Gasteiger partial charge in [-0.25, -0.2) is 0 Å². The van der Waals surface area contributed by atoms with Crippen LogP contribution in [0.5, 0.6) is 0 Å². The molecule has 0 aromatic rings. The minimum Gasteiger partial charge on any atom is -0.379 e. The topological polar surface area (TPSA) is 9.23 Å². The molecule has 0 bridgehead atoms. The second-order valence-corrected chi connectivity index (χ2v) is 6.50. The third-order valence-electron chi connectivity index (χ3n) is 3.67. The molecule has 0 atom stereocenters. The van der Waals surface area contributed by atoms with Crippen LogP contribution in [0.4, 0.5) is 0 Å². The Labute approximate surface area is 151 Å². The van der Waals surface area contributed by atoms with Gasteiger partial charge >= 0.3 is 0 Å². The molecule has 0 heterocycles. The molecule has 0 N–H and O–H groups in total. The Hall–Kier alpha value is -1.08. The van der Waals surface area contributed by atoms with Gasteiger partial charge in [-0.15, -0.1) is 0 Å². The van der Waals surface area contributed by atoms with Crippen LogP contribution < -0.4 is 0 Å². The lowest BCUT2D eigenvalue weighted by Crippen LogP contribution is -2.03. The summed E-state index contributed by atoms with van der Waals surface area (Å²) in [7, 11) is 0. The lowest BCUT2D eigenvalue weighted by molar-refractivity contribution is 0.0762. The highest BCUT2D eigenvalue weighted by Crippen LogP contribution is 2.02. The van der Waals surface area contributed by atoms with Crippen molar-refractivity contribution in [2.75, 3.05) is 6.61 Å². The Morgan fingerprint density at radius 3 is 1.54 bits per heavy atom. The van der Waals surface area contributed by atoms with E-state index in [9.17, 15) is 0 Å². The quantitative estimate of drug-likeness (QED) is 0.209. The van der Waals surface area contributed by atoms with Crippen molar-refractivity contribution in [1.29, 1.82) is 0 Å². The number of rotatable bonds is 16. The fourth-order valence-electron chi connectivity index (χ4n) is 2.24. The Bertz CT molecular complexity index is 347. The number of hydrogen-bond acceptors (Lipinski definition) is 1. The molecule has 0 aliphatic rings. The highest BCUT2D eigenvalue weighted by Gasteiger charge is 1.91. The summed E-state index contributed by atoms with van der Waals surface area (Å²) in [5.41, 5.74) is 0.